The normalized spacial score (nSPS) is 11.0. The van der Waals surface area contributed by atoms with Gasteiger partial charge in [0, 0.05) is 12.6 Å². The van der Waals surface area contributed by atoms with Crippen LogP contribution in [0.2, 0.25) is 0 Å². The van der Waals surface area contributed by atoms with Crippen LogP contribution in [-0.2, 0) is 26.3 Å². The lowest BCUT2D eigenvalue weighted by atomic mass is 9.96. The molecule has 0 N–H and O–H groups in total. The van der Waals surface area contributed by atoms with Crippen molar-refractivity contribution in [1.82, 2.24) is 15.0 Å². The molecule has 0 radical (unpaired) electrons. The molecule has 2 aromatic carbocycles. The van der Waals surface area contributed by atoms with E-state index in [9.17, 15) is 0 Å². The molecule has 3 heteroatoms. The van der Waals surface area contributed by atoms with E-state index < -0.39 is 0 Å². The maximum Gasteiger partial charge on any atom is 0.113 e. The van der Waals surface area contributed by atoms with Crippen molar-refractivity contribution in [2.45, 2.75) is 39.5 Å². The van der Waals surface area contributed by atoms with Gasteiger partial charge in [0.15, 0.2) is 0 Å². The minimum atomic E-state index is 0.953. The van der Waals surface area contributed by atoms with Crippen LogP contribution in [0.4, 0.5) is 0 Å². The summed E-state index contributed by atoms with van der Waals surface area (Å²) in [6.45, 7) is 4.34. The molecule has 0 aliphatic heterocycles. The Hall–Kier alpha value is -2.42. The second-order valence-corrected chi connectivity index (χ2v) is 6.50. The Bertz CT molecular complexity index is 800. The molecular weight excluding hydrogens is 294 g/mol. The molecule has 1 aromatic heterocycles. The van der Waals surface area contributed by atoms with Crippen molar-refractivity contribution in [3.05, 3.63) is 70.9 Å². The molecule has 0 aliphatic rings. The molecule has 24 heavy (non-hydrogen) atoms. The highest BCUT2D eigenvalue weighted by molar-refractivity contribution is 5.63. The smallest absolute Gasteiger partial charge is 0.113 e. The Morgan fingerprint density at radius 3 is 2.25 bits per heavy atom. The molecule has 0 saturated heterocycles. The number of aromatic nitrogens is 3. The summed E-state index contributed by atoms with van der Waals surface area (Å²) in [6.07, 6.45) is 6.40. The van der Waals surface area contributed by atoms with E-state index in [1.807, 2.05) is 13.2 Å². The summed E-state index contributed by atoms with van der Waals surface area (Å²) in [4.78, 5) is 0. The van der Waals surface area contributed by atoms with Gasteiger partial charge in [-0.05, 0) is 48.9 Å². The van der Waals surface area contributed by atoms with Crippen molar-refractivity contribution < 1.29 is 0 Å². The zero-order valence-corrected chi connectivity index (χ0v) is 14.8. The van der Waals surface area contributed by atoms with Gasteiger partial charge < -0.3 is 0 Å². The van der Waals surface area contributed by atoms with Crippen LogP contribution >= 0.6 is 0 Å². The minimum absolute atomic E-state index is 0.953. The quantitative estimate of drug-likeness (QED) is 0.668. The Morgan fingerprint density at radius 2 is 1.62 bits per heavy atom. The molecule has 0 fully saturated rings. The van der Waals surface area contributed by atoms with Gasteiger partial charge in [0.05, 0.1) is 6.20 Å². The number of aryl methyl sites for hydroxylation is 5. The second-order valence-electron chi connectivity index (χ2n) is 6.50. The first-order valence-electron chi connectivity index (χ1n) is 8.69. The lowest BCUT2D eigenvalue weighted by Gasteiger charge is -2.09. The molecule has 3 rings (SSSR count). The summed E-state index contributed by atoms with van der Waals surface area (Å²) >= 11 is 0. The molecule has 0 bridgehead atoms. The SMILES string of the molecule is CCCc1ccc(CCc2ccc(C)cc2-c2cn(C)nn2)cc1. The third-order valence-corrected chi connectivity index (χ3v) is 4.39. The second kappa shape index (κ2) is 7.43. The monoisotopic (exact) mass is 319 g/mol. The summed E-state index contributed by atoms with van der Waals surface area (Å²) in [5, 5.41) is 8.36. The molecule has 124 valence electrons. The molecule has 1 heterocycles. The van der Waals surface area contributed by atoms with Crippen molar-refractivity contribution in [2.24, 2.45) is 7.05 Å². The summed E-state index contributed by atoms with van der Waals surface area (Å²) in [6, 6.07) is 15.7. The summed E-state index contributed by atoms with van der Waals surface area (Å²) in [7, 11) is 1.91. The van der Waals surface area contributed by atoms with Crippen molar-refractivity contribution >= 4 is 0 Å². The van der Waals surface area contributed by atoms with Crippen molar-refractivity contribution in [1.29, 1.82) is 0 Å². The van der Waals surface area contributed by atoms with Crippen LogP contribution < -0.4 is 0 Å². The Labute approximate surface area is 144 Å². The Kier molecular flexibility index (Phi) is 5.09. The van der Waals surface area contributed by atoms with E-state index in [1.165, 1.54) is 34.2 Å². The molecular formula is C21H25N3. The van der Waals surface area contributed by atoms with Crippen LogP contribution in [0.3, 0.4) is 0 Å². The predicted molar refractivity (Wildman–Crippen MR) is 99.0 cm³/mol. The molecule has 3 nitrogen and oxygen atoms in total. The summed E-state index contributed by atoms with van der Waals surface area (Å²) in [5.74, 6) is 0. The zero-order chi connectivity index (χ0) is 16.9. The largest absolute Gasteiger partial charge is 0.255 e. The first-order valence-corrected chi connectivity index (χ1v) is 8.69. The molecule has 0 aliphatic carbocycles. The highest BCUT2D eigenvalue weighted by atomic mass is 15.4. The topological polar surface area (TPSA) is 30.7 Å². The fourth-order valence-corrected chi connectivity index (χ4v) is 3.06. The minimum Gasteiger partial charge on any atom is -0.255 e. The molecule has 0 atom stereocenters. The number of nitrogens with zero attached hydrogens (tertiary/aromatic N) is 3. The van der Waals surface area contributed by atoms with Crippen LogP contribution in [0.5, 0.6) is 0 Å². The third-order valence-electron chi connectivity index (χ3n) is 4.39. The number of hydrogen-bond donors (Lipinski definition) is 0. The van der Waals surface area contributed by atoms with E-state index in [0.717, 1.165) is 25.0 Å². The maximum atomic E-state index is 4.29. The fraction of sp³-hybridized carbons (Fsp3) is 0.333. The summed E-state index contributed by atoms with van der Waals surface area (Å²) < 4.78 is 1.76. The molecule has 0 saturated carbocycles. The highest BCUT2D eigenvalue weighted by Gasteiger charge is 2.09. The Balaban J connectivity index is 1.77. The van der Waals surface area contributed by atoms with Crippen LogP contribution in [0.15, 0.2) is 48.7 Å². The average Bonchev–Trinajstić information content (AvgIpc) is 3.02. The first-order chi connectivity index (χ1) is 11.7. The van der Waals surface area contributed by atoms with Crippen molar-refractivity contribution in [3.8, 4) is 11.3 Å². The van der Waals surface area contributed by atoms with Gasteiger partial charge in [-0.25, -0.2) is 0 Å². The van der Waals surface area contributed by atoms with Gasteiger partial charge in [-0.3, -0.25) is 4.68 Å². The highest BCUT2D eigenvalue weighted by Crippen LogP contribution is 2.24. The predicted octanol–water partition coefficient (Wildman–Crippen LogP) is 4.53. The van der Waals surface area contributed by atoms with Gasteiger partial charge in [0.2, 0.25) is 0 Å². The van der Waals surface area contributed by atoms with E-state index in [4.69, 9.17) is 0 Å². The van der Waals surface area contributed by atoms with Crippen molar-refractivity contribution in [2.75, 3.05) is 0 Å². The fourth-order valence-electron chi connectivity index (χ4n) is 3.06. The van der Waals surface area contributed by atoms with E-state index >= 15 is 0 Å². The molecule has 0 amide bonds. The molecule has 3 aromatic rings. The van der Waals surface area contributed by atoms with Gasteiger partial charge in [-0.15, -0.1) is 5.10 Å². The number of rotatable bonds is 6. The third kappa shape index (κ3) is 3.91. The van der Waals surface area contributed by atoms with Gasteiger partial charge in [-0.2, -0.15) is 0 Å². The van der Waals surface area contributed by atoms with Crippen LogP contribution in [0, 0.1) is 6.92 Å². The maximum absolute atomic E-state index is 4.29. The van der Waals surface area contributed by atoms with Crippen molar-refractivity contribution in [3.63, 3.8) is 0 Å². The Morgan fingerprint density at radius 1 is 0.917 bits per heavy atom. The standard InChI is InChI=1S/C21H25N3/c1-4-5-17-7-9-18(10-8-17)11-13-19-12-6-16(2)14-20(19)21-15-24(3)23-22-21/h6-10,12,14-15H,4-5,11,13H2,1-3H3. The zero-order valence-electron chi connectivity index (χ0n) is 14.8. The van der Waals surface area contributed by atoms with Gasteiger partial charge in [0.25, 0.3) is 0 Å². The first kappa shape index (κ1) is 16.4. The molecule has 0 unspecified atom stereocenters. The van der Waals surface area contributed by atoms with Crippen LogP contribution in [0.25, 0.3) is 11.3 Å². The van der Waals surface area contributed by atoms with Gasteiger partial charge in [-0.1, -0.05) is 60.5 Å². The number of benzene rings is 2. The van der Waals surface area contributed by atoms with E-state index in [2.05, 4.69) is 66.6 Å². The number of hydrogen-bond acceptors (Lipinski definition) is 2. The lowest BCUT2D eigenvalue weighted by molar-refractivity contribution is 0.715. The van der Waals surface area contributed by atoms with Gasteiger partial charge >= 0.3 is 0 Å². The lowest BCUT2D eigenvalue weighted by Crippen LogP contribution is -1.96. The average molecular weight is 319 g/mol. The summed E-state index contributed by atoms with van der Waals surface area (Å²) in [5.41, 5.74) is 7.56. The van der Waals surface area contributed by atoms with E-state index in [-0.39, 0.29) is 0 Å². The van der Waals surface area contributed by atoms with Crippen LogP contribution in [-0.4, -0.2) is 15.0 Å². The van der Waals surface area contributed by atoms with E-state index in [1.54, 1.807) is 4.68 Å². The van der Waals surface area contributed by atoms with Gasteiger partial charge in [0.1, 0.15) is 5.69 Å². The van der Waals surface area contributed by atoms with Crippen LogP contribution in [0.1, 0.15) is 35.6 Å². The van der Waals surface area contributed by atoms with E-state index in [0.29, 0.717) is 0 Å². The molecule has 0 spiro atoms.